The lowest BCUT2D eigenvalue weighted by Gasteiger charge is -2.09. The van der Waals surface area contributed by atoms with E-state index in [2.05, 4.69) is 10.3 Å². The summed E-state index contributed by atoms with van der Waals surface area (Å²) < 4.78 is 0. The van der Waals surface area contributed by atoms with Gasteiger partial charge in [0, 0.05) is 24.2 Å². The number of halogens is 1. The first-order chi connectivity index (χ1) is 13.3. The summed E-state index contributed by atoms with van der Waals surface area (Å²) in [6, 6.07) is 12.8. The smallest absolute Gasteiger partial charge is 0.335 e. The summed E-state index contributed by atoms with van der Waals surface area (Å²) in [5.74, 6) is -1.59. The highest BCUT2D eigenvalue weighted by atomic mass is 35.5. The lowest BCUT2D eigenvalue weighted by Crippen LogP contribution is -2.30. The number of thioether (sulfide) groups is 1. The molecule has 3 rings (SSSR count). The second-order valence-electron chi connectivity index (χ2n) is 6.01. The number of nitrogens with zero attached hydrogens (tertiary/aromatic N) is 2. The number of rotatable bonds is 5. The van der Waals surface area contributed by atoms with Crippen molar-refractivity contribution < 1.29 is 19.5 Å². The molecule has 1 atom stereocenters. The Hall–Kier alpha value is -2.84. The normalized spacial score (nSPS) is 17.8. The molecule has 0 saturated carbocycles. The van der Waals surface area contributed by atoms with Gasteiger partial charge in [0.25, 0.3) is 0 Å². The SMILES string of the molecule is CN1C(=O)[C@H](CC(=O)Nc2ccc(C(=O)O)cc2)SC1=Nc1cccc(Cl)c1. The highest BCUT2D eigenvalue weighted by molar-refractivity contribution is 8.15. The molecule has 7 nitrogen and oxygen atoms in total. The van der Waals surface area contributed by atoms with Crippen LogP contribution in [0, 0.1) is 0 Å². The zero-order valence-corrected chi connectivity index (χ0v) is 16.3. The van der Waals surface area contributed by atoms with Gasteiger partial charge >= 0.3 is 5.97 Å². The fourth-order valence-electron chi connectivity index (χ4n) is 2.53. The van der Waals surface area contributed by atoms with Crippen LogP contribution in [0.15, 0.2) is 53.5 Å². The van der Waals surface area contributed by atoms with Crippen LogP contribution < -0.4 is 5.32 Å². The number of amides is 2. The number of carboxylic acids is 1. The first kappa shape index (κ1) is 19.9. The van der Waals surface area contributed by atoms with Gasteiger partial charge in [-0.1, -0.05) is 29.4 Å². The minimum atomic E-state index is -1.04. The van der Waals surface area contributed by atoms with E-state index in [-0.39, 0.29) is 23.8 Å². The largest absolute Gasteiger partial charge is 0.478 e. The highest BCUT2D eigenvalue weighted by Gasteiger charge is 2.37. The van der Waals surface area contributed by atoms with Gasteiger partial charge in [0.05, 0.1) is 11.3 Å². The van der Waals surface area contributed by atoms with E-state index < -0.39 is 11.2 Å². The Labute approximate surface area is 170 Å². The third kappa shape index (κ3) is 4.71. The number of carbonyl (C=O) groups is 3. The molecule has 0 radical (unpaired) electrons. The molecule has 28 heavy (non-hydrogen) atoms. The number of carbonyl (C=O) groups excluding carboxylic acids is 2. The van der Waals surface area contributed by atoms with Crippen molar-refractivity contribution in [2.24, 2.45) is 4.99 Å². The third-order valence-electron chi connectivity index (χ3n) is 3.96. The summed E-state index contributed by atoms with van der Waals surface area (Å²) in [7, 11) is 1.61. The zero-order valence-electron chi connectivity index (χ0n) is 14.8. The van der Waals surface area contributed by atoms with E-state index in [1.807, 2.05) is 0 Å². The topological polar surface area (TPSA) is 99.1 Å². The first-order valence-electron chi connectivity index (χ1n) is 8.25. The van der Waals surface area contributed by atoms with E-state index in [4.69, 9.17) is 16.7 Å². The van der Waals surface area contributed by atoms with Crippen LogP contribution >= 0.6 is 23.4 Å². The Bertz CT molecular complexity index is 962. The number of aliphatic imine (C=N–C) groups is 1. The van der Waals surface area contributed by atoms with Gasteiger partial charge in [-0.05, 0) is 42.5 Å². The van der Waals surface area contributed by atoms with Crippen LogP contribution in [0.3, 0.4) is 0 Å². The molecule has 0 unspecified atom stereocenters. The molecule has 0 aliphatic carbocycles. The van der Waals surface area contributed by atoms with E-state index in [9.17, 15) is 14.4 Å². The van der Waals surface area contributed by atoms with Gasteiger partial charge in [0.1, 0.15) is 5.25 Å². The van der Waals surface area contributed by atoms with Crippen molar-refractivity contribution in [3.8, 4) is 0 Å². The number of amidine groups is 1. The van der Waals surface area contributed by atoms with Crippen molar-refractivity contribution in [3.05, 3.63) is 59.1 Å². The van der Waals surface area contributed by atoms with Crippen LogP contribution in [0.5, 0.6) is 0 Å². The number of hydrogen-bond donors (Lipinski definition) is 2. The van der Waals surface area contributed by atoms with Crippen molar-refractivity contribution in [2.45, 2.75) is 11.7 Å². The molecule has 1 fully saturated rings. The summed E-state index contributed by atoms with van der Waals surface area (Å²) in [4.78, 5) is 41.4. The van der Waals surface area contributed by atoms with Gasteiger partial charge < -0.3 is 10.4 Å². The lowest BCUT2D eigenvalue weighted by molar-refractivity contribution is -0.127. The summed E-state index contributed by atoms with van der Waals surface area (Å²) in [6.07, 6.45) is -0.0247. The van der Waals surface area contributed by atoms with E-state index >= 15 is 0 Å². The summed E-state index contributed by atoms with van der Waals surface area (Å²) >= 11 is 7.17. The van der Waals surface area contributed by atoms with Gasteiger partial charge in [-0.15, -0.1) is 0 Å². The number of benzene rings is 2. The Morgan fingerprint density at radius 1 is 1.25 bits per heavy atom. The molecule has 9 heteroatoms. The Kier molecular flexibility index (Phi) is 6.01. The molecular formula is C19H16ClN3O4S. The van der Waals surface area contributed by atoms with Crippen LogP contribution in [0.4, 0.5) is 11.4 Å². The van der Waals surface area contributed by atoms with E-state index in [1.54, 1.807) is 31.3 Å². The fourth-order valence-corrected chi connectivity index (χ4v) is 3.87. The quantitative estimate of drug-likeness (QED) is 0.773. The van der Waals surface area contributed by atoms with Gasteiger partial charge in [-0.2, -0.15) is 0 Å². The van der Waals surface area contributed by atoms with Gasteiger partial charge in [0.15, 0.2) is 5.17 Å². The number of nitrogens with one attached hydrogen (secondary N) is 1. The predicted octanol–water partition coefficient (Wildman–Crippen LogP) is 3.63. The second kappa shape index (κ2) is 8.45. The molecule has 2 N–H and O–H groups in total. The second-order valence-corrected chi connectivity index (χ2v) is 7.62. The van der Waals surface area contributed by atoms with Crippen molar-refractivity contribution in [3.63, 3.8) is 0 Å². The Morgan fingerprint density at radius 3 is 2.61 bits per heavy atom. The predicted molar refractivity (Wildman–Crippen MR) is 109 cm³/mol. The van der Waals surface area contributed by atoms with E-state index in [0.717, 1.165) is 0 Å². The molecule has 1 aliphatic rings. The monoisotopic (exact) mass is 417 g/mol. The van der Waals surface area contributed by atoms with Crippen LogP contribution in [0.1, 0.15) is 16.8 Å². The molecule has 2 aromatic rings. The number of hydrogen-bond acceptors (Lipinski definition) is 5. The number of aromatic carboxylic acids is 1. The van der Waals surface area contributed by atoms with Crippen LogP contribution in [0.2, 0.25) is 5.02 Å². The Morgan fingerprint density at radius 2 is 1.96 bits per heavy atom. The molecule has 1 aliphatic heterocycles. The minimum absolute atomic E-state index is 0.0247. The molecule has 2 amide bonds. The average Bonchev–Trinajstić information content (AvgIpc) is 2.90. The summed E-state index contributed by atoms with van der Waals surface area (Å²) in [6.45, 7) is 0. The lowest BCUT2D eigenvalue weighted by atomic mass is 10.2. The van der Waals surface area contributed by atoms with Crippen LogP contribution in [-0.4, -0.2) is 45.3 Å². The number of carboxylic acid groups (broad SMARTS) is 1. The maximum absolute atomic E-state index is 12.4. The summed E-state index contributed by atoms with van der Waals surface area (Å²) in [5, 5.41) is 12.0. The van der Waals surface area contributed by atoms with Gasteiger partial charge in [-0.25, -0.2) is 9.79 Å². The maximum Gasteiger partial charge on any atom is 0.335 e. The Balaban J connectivity index is 1.64. The summed E-state index contributed by atoms with van der Waals surface area (Å²) in [5.41, 5.74) is 1.22. The standard InChI is InChI=1S/C19H16ClN3O4S/c1-23-17(25)15(28-19(23)22-14-4-2-3-12(20)9-14)10-16(24)21-13-7-5-11(6-8-13)18(26)27/h2-9,15H,10H2,1H3,(H,21,24)(H,26,27)/t15-/m0/s1. The van der Waals surface area contributed by atoms with Gasteiger partial charge in [0.2, 0.25) is 11.8 Å². The average molecular weight is 418 g/mol. The van der Waals surface area contributed by atoms with Crippen molar-refractivity contribution in [1.82, 2.24) is 4.90 Å². The zero-order chi connectivity index (χ0) is 20.3. The first-order valence-corrected chi connectivity index (χ1v) is 9.51. The number of anilines is 1. The molecule has 144 valence electrons. The molecule has 0 aromatic heterocycles. The van der Waals surface area contributed by atoms with E-state index in [0.29, 0.717) is 21.6 Å². The maximum atomic E-state index is 12.4. The van der Waals surface area contributed by atoms with Crippen molar-refractivity contribution >= 4 is 57.7 Å². The molecule has 0 spiro atoms. The van der Waals surface area contributed by atoms with Crippen molar-refractivity contribution in [1.29, 1.82) is 0 Å². The molecule has 2 aromatic carbocycles. The molecule has 0 bridgehead atoms. The van der Waals surface area contributed by atoms with Gasteiger partial charge in [-0.3, -0.25) is 14.5 Å². The van der Waals surface area contributed by atoms with E-state index in [1.165, 1.54) is 40.9 Å². The van der Waals surface area contributed by atoms with Crippen molar-refractivity contribution in [2.75, 3.05) is 12.4 Å². The molecular weight excluding hydrogens is 402 g/mol. The fraction of sp³-hybridized carbons (Fsp3) is 0.158. The molecule has 1 saturated heterocycles. The van der Waals surface area contributed by atoms with Crippen LogP contribution in [-0.2, 0) is 9.59 Å². The highest BCUT2D eigenvalue weighted by Crippen LogP contribution is 2.31. The van der Waals surface area contributed by atoms with Crippen LogP contribution in [0.25, 0.3) is 0 Å². The third-order valence-corrected chi connectivity index (χ3v) is 5.42. The molecule has 1 heterocycles. The minimum Gasteiger partial charge on any atom is -0.478 e.